The molecule has 0 atom stereocenters. The summed E-state index contributed by atoms with van der Waals surface area (Å²) in [4.78, 5) is 11.9. The molecule has 0 unspecified atom stereocenters. The molecule has 2 aromatic rings. The Hall–Kier alpha value is -2.14. The summed E-state index contributed by atoms with van der Waals surface area (Å²) in [5.41, 5.74) is 1.70. The second-order valence-corrected chi connectivity index (χ2v) is 4.15. The van der Waals surface area contributed by atoms with Crippen LogP contribution in [0.25, 0.3) is 0 Å². The lowest BCUT2D eigenvalue weighted by molar-refractivity contribution is 0.0937. The Morgan fingerprint density at radius 3 is 3.05 bits per heavy atom. The van der Waals surface area contributed by atoms with Gasteiger partial charge < -0.3 is 10.1 Å². The monoisotopic (exact) mass is 259 g/mol. The third-order valence-corrected chi connectivity index (χ3v) is 2.68. The van der Waals surface area contributed by atoms with Crippen molar-refractivity contribution in [3.8, 4) is 0 Å². The summed E-state index contributed by atoms with van der Waals surface area (Å²) in [6.07, 6.45) is 3.63. The number of rotatable bonds is 6. The lowest BCUT2D eigenvalue weighted by Crippen LogP contribution is -2.27. The molecule has 0 aliphatic heterocycles. The minimum absolute atomic E-state index is 0.0839. The predicted octanol–water partition coefficient (Wildman–Crippen LogP) is 1.31. The largest absolute Gasteiger partial charge is 0.383 e. The fourth-order valence-electron chi connectivity index (χ4n) is 1.76. The molecule has 0 aliphatic rings. The average molecular weight is 259 g/mol. The van der Waals surface area contributed by atoms with Crippen molar-refractivity contribution < 1.29 is 9.53 Å². The number of hydrogen-bond donors (Lipinski definition) is 1. The Morgan fingerprint density at radius 2 is 2.32 bits per heavy atom. The van der Waals surface area contributed by atoms with Crippen LogP contribution in [-0.2, 0) is 11.3 Å². The first kappa shape index (κ1) is 13.3. The van der Waals surface area contributed by atoms with E-state index in [0.717, 1.165) is 5.56 Å². The molecule has 2 rings (SSSR count). The first-order chi connectivity index (χ1) is 9.29. The van der Waals surface area contributed by atoms with Gasteiger partial charge in [-0.3, -0.25) is 9.48 Å². The zero-order valence-corrected chi connectivity index (χ0v) is 10.9. The second kappa shape index (κ2) is 6.70. The first-order valence-electron chi connectivity index (χ1n) is 6.13. The predicted molar refractivity (Wildman–Crippen MR) is 72.0 cm³/mol. The van der Waals surface area contributed by atoms with Crippen molar-refractivity contribution in [3.05, 3.63) is 53.9 Å². The normalized spacial score (nSPS) is 10.4. The molecule has 100 valence electrons. The quantitative estimate of drug-likeness (QED) is 0.796. The number of aromatic nitrogens is 2. The molecule has 0 aliphatic carbocycles. The number of methoxy groups -OCH3 is 1. The van der Waals surface area contributed by atoms with Crippen molar-refractivity contribution in [1.82, 2.24) is 15.1 Å². The van der Waals surface area contributed by atoms with Gasteiger partial charge in [0.05, 0.1) is 13.2 Å². The van der Waals surface area contributed by atoms with Gasteiger partial charge in [-0.15, -0.1) is 0 Å². The Bertz CT molecular complexity index is 523. The molecule has 5 nitrogen and oxygen atoms in total. The van der Waals surface area contributed by atoms with Crippen LogP contribution in [0.5, 0.6) is 0 Å². The van der Waals surface area contributed by atoms with E-state index in [4.69, 9.17) is 4.74 Å². The molecule has 1 amide bonds. The molecule has 0 radical (unpaired) electrons. The van der Waals surface area contributed by atoms with Crippen LogP contribution >= 0.6 is 0 Å². The maximum absolute atomic E-state index is 11.9. The Labute approximate surface area is 112 Å². The van der Waals surface area contributed by atoms with Gasteiger partial charge in [-0.05, 0) is 23.8 Å². The van der Waals surface area contributed by atoms with Gasteiger partial charge in [0.1, 0.15) is 0 Å². The summed E-state index contributed by atoms with van der Waals surface area (Å²) in [7, 11) is 1.61. The second-order valence-electron chi connectivity index (χ2n) is 4.15. The highest BCUT2D eigenvalue weighted by Crippen LogP contribution is 2.07. The standard InChI is InChI=1S/C14H17N3O2/c1-19-9-7-15-14(18)13-5-2-4-12(10-13)11-17-8-3-6-16-17/h2-6,8,10H,7,9,11H2,1H3,(H,15,18). The van der Waals surface area contributed by atoms with Crippen LogP contribution in [-0.4, -0.2) is 35.9 Å². The molecule has 1 aromatic carbocycles. The van der Waals surface area contributed by atoms with Crippen LogP contribution < -0.4 is 5.32 Å². The number of hydrogen-bond acceptors (Lipinski definition) is 3. The summed E-state index contributed by atoms with van der Waals surface area (Å²) in [5.74, 6) is -0.0839. The zero-order chi connectivity index (χ0) is 13.5. The van der Waals surface area contributed by atoms with Gasteiger partial charge in [-0.25, -0.2) is 0 Å². The first-order valence-corrected chi connectivity index (χ1v) is 6.13. The molecular weight excluding hydrogens is 242 g/mol. The number of amides is 1. The van der Waals surface area contributed by atoms with Crippen LogP contribution in [0.4, 0.5) is 0 Å². The summed E-state index contributed by atoms with van der Waals surface area (Å²) < 4.78 is 6.72. The van der Waals surface area contributed by atoms with Crippen LogP contribution in [0, 0.1) is 0 Å². The fourth-order valence-corrected chi connectivity index (χ4v) is 1.76. The van der Waals surface area contributed by atoms with E-state index in [2.05, 4.69) is 10.4 Å². The van der Waals surface area contributed by atoms with Crippen molar-refractivity contribution in [2.24, 2.45) is 0 Å². The Morgan fingerprint density at radius 1 is 1.42 bits per heavy atom. The SMILES string of the molecule is COCCNC(=O)c1cccc(Cn2cccn2)c1. The molecule has 0 bridgehead atoms. The summed E-state index contributed by atoms with van der Waals surface area (Å²) >= 11 is 0. The van der Waals surface area contributed by atoms with Crippen LogP contribution in [0.1, 0.15) is 15.9 Å². The van der Waals surface area contributed by atoms with E-state index in [-0.39, 0.29) is 5.91 Å². The Kier molecular flexibility index (Phi) is 4.69. The third kappa shape index (κ3) is 3.93. The summed E-state index contributed by atoms with van der Waals surface area (Å²) in [6, 6.07) is 9.41. The average Bonchev–Trinajstić information content (AvgIpc) is 2.92. The molecule has 0 saturated heterocycles. The van der Waals surface area contributed by atoms with Crippen molar-refractivity contribution in [3.63, 3.8) is 0 Å². The minimum atomic E-state index is -0.0839. The molecule has 0 spiro atoms. The van der Waals surface area contributed by atoms with Crippen molar-refractivity contribution in [1.29, 1.82) is 0 Å². The number of carbonyl (C=O) groups is 1. The van der Waals surface area contributed by atoms with Gasteiger partial charge in [0.2, 0.25) is 0 Å². The van der Waals surface area contributed by atoms with Crippen LogP contribution in [0.3, 0.4) is 0 Å². The Balaban J connectivity index is 2.00. The minimum Gasteiger partial charge on any atom is -0.383 e. The number of nitrogens with one attached hydrogen (secondary N) is 1. The van der Waals surface area contributed by atoms with Gasteiger partial charge in [0, 0.05) is 31.6 Å². The number of benzene rings is 1. The molecule has 5 heteroatoms. The number of carbonyl (C=O) groups excluding carboxylic acids is 1. The summed E-state index contributed by atoms with van der Waals surface area (Å²) in [6.45, 7) is 1.68. The highest BCUT2D eigenvalue weighted by atomic mass is 16.5. The molecule has 0 fully saturated rings. The van der Waals surface area contributed by atoms with Crippen LogP contribution in [0.15, 0.2) is 42.7 Å². The molecule has 1 heterocycles. The van der Waals surface area contributed by atoms with Gasteiger partial charge in [-0.1, -0.05) is 12.1 Å². The van der Waals surface area contributed by atoms with E-state index in [9.17, 15) is 4.79 Å². The lowest BCUT2D eigenvalue weighted by atomic mass is 10.1. The highest BCUT2D eigenvalue weighted by Gasteiger charge is 2.05. The van der Waals surface area contributed by atoms with Crippen molar-refractivity contribution >= 4 is 5.91 Å². The molecule has 1 N–H and O–H groups in total. The van der Waals surface area contributed by atoms with E-state index in [1.807, 2.05) is 35.1 Å². The molecular formula is C14H17N3O2. The smallest absolute Gasteiger partial charge is 0.251 e. The van der Waals surface area contributed by atoms with Gasteiger partial charge in [-0.2, -0.15) is 5.10 Å². The summed E-state index contributed by atoms with van der Waals surface area (Å²) in [5, 5.41) is 6.95. The van der Waals surface area contributed by atoms with E-state index in [1.54, 1.807) is 19.4 Å². The van der Waals surface area contributed by atoms with E-state index >= 15 is 0 Å². The van der Waals surface area contributed by atoms with Crippen molar-refractivity contribution in [2.45, 2.75) is 6.54 Å². The number of ether oxygens (including phenoxy) is 1. The zero-order valence-electron chi connectivity index (χ0n) is 10.9. The van der Waals surface area contributed by atoms with Gasteiger partial charge in [0.15, 0.2) is 0 Å². The highest BCUT2D eigenvalue weighted by molar-refractivity contribution is 5.94. The fraction of sp³-hybridized carbons (Fsp3) is 0.286. The third-order valence-electron chi connectivity index (χ3n) is 2.68. The molecule has 19 heavy (non-hydrogen) atoms. The topological polar surface area (TPSA) is 56.1 Å². The van der Waals surface area contributed by atoms with Gasteiger partial charge in [0.25, 0.3) is 5.91 Å². The molecule has 0 saturated carbocycles. The van der Waals surface area contributed by atoms with E-state index in [1.165, 1.54) is 0 Å². The van der Waals surface area contributed by atoms with E-state index in [0.29, 0.717) is 25.3 Å². The number of nitrogens with zero attached hydrogens (tertiary/aromatic N) is 2. The molecule has 1 aromatic heterocycles. The van der Waals surface area contributed by atoms with E-state index < -0.39 is 0 Å². The maximum Gasteiger partial charge on any atom is 0.251 e. The lowest BCUT2D eigenvalue weighted by Gasteiger charge is -2.07. The van der Waals surface area contributed by atoms with Crippen molar-refractivity contribution in [2.75, 3.05) is 20.3 Å². The van der Waals surface area contributed by atoms with Gasteiger partial charge >= 0.3 is 0 Å². The maximum atomic E-state index is 11.9. The van der Waals surface area contributed by atoms with Crippen LogP contribution in [0.2, 0.25) is 0 Å².